The lowest BCUT2D eigenvalue weighted by atomic mass is 10.3. The van der Waals surface area contributed by atoms with Gasteiger partial charge in [0.15, 0.2) is 0 Å². The molecule has 100 valence electrons. The summed E-state index contributed by atoms with van der Waals surface area (Å²) in [6, 6.07) is 11.9. The Hall–Kier alpha value is -1.26. The molecular formula is C14H12BrClFNO. The van der Waals surface area contributed by atoms with E-state index in [1.54, 1.807) is 6.07 Å². The summed E-state index contributed by atoms with van der Waals surface area (Å²) >= 11 is 9.27. The molecule has 2 aromatic carbocycles. The topological polar surface area (TPSA) is 21.3 Å². The maximum absolute atomic E-state index is 12.9. The molecule has 0 amide bonds. The van der Waals surface area contributed by atoms with Crippen molar-refractivity contribution in [1.82, 2.24) is 0 Å². The fourth-order valence-corrected chi connectivity index (χ4v) is 2.16. The van der Waals surface area contributed by atoms with Gasteiger partial charge in [-0.25, -0.2) is 4.39 Å². The van der Waals surface area contributed by atoms with Crippen LogP contribution in [-0.4, -0.2) is 13.2 Å². The molecule has 0 unspecified atom stereocenters. The van der Waals surface area contributed by atoms with Crippen molar-refractivity contribution >= 4 is 33.2 Å². The molecule has 5 heteroatoms. The van der Waals surface area contributed by atoms with Crippen molar-refractivity contribution < 1.29 is 9.13 Å². The molecule has 0 heterocycles. The van der Waals surface area contributed by atoms with Gasteiger partial charge in [0.1, 0.15) is 18.2 Å². The molecule has 0 saturated heterocycles. The Bertz CT molecular complexity index is 565. The Morgan fingerprint density at radius 3 is 2.79 bits per heavy atom. The zero-order chi connectivity index (χ0) is 13.7. The minimum Gasteiger partial charge on any atom is -0.492 e. The highest BCUT2D eigenvalue weighted by Gasteiger charge is 2.01. The molecule has 0 aromatic heterocycles. The van der Waals surface area contributed by atoms with E-state index in [0.29, 0.717) is 23.9 Å². The van der Waals surface area contributed by atoms with Crippen LogP contribution in [0.15, 0.2) is 46.9 Å². The smallest absolute Gasteiger partial charge is 0.124 e. The fraction of sp³-hybridized carbons (Fsp3) is 0.143. The third kappa shape index (κ3) is 4.40. The van der Waals surface area contributed by atoms with Crippen molar-refractivity contribution in [2.75, 3.05) is 18.5 Å². The lowest BCUT2D eigenvalue weighted by Gasteiger charge is -2.10. The second-order valence-corrected chi connectivity index (χ2v) is 5.18. The quantitative estimate of drug-likeness (QED) is 0.792. The van der Waals surface area contributed by atoms with Gasteiger partial charge in [-0.05, 0) is 36.4 Å². The molecule has 1 N–H and O–H groups in total. The fourth-order valence-electron chi connectivity index (χ4n) is 1.54. The van der Waals surface area contributed by atoms with Crippen molar-refractivity contribution in [3.05, 3.63) is 57.8 Å². The van der Waals surface area contributed by atoms with Gasteiger partial charge in [0.2, 0.25) is 0 Å². The molecule has 0 bridgehead atoms. The number of rotatable bonds is 5. The van der Waals surface area contributed by atoms with Crippen LogP contribution < -0.4 is 10.1 Å². The Kier molecular flexibility index (Phi) is 5.05. The van der Waals surface area contributed by atoms with Gasteiger partial charge in [-0.1, -0.05) is 33.6 Å². The first-order chi connectivity index (χ1) is 9.15. The van der Waals surface area contributed by atoms with Crippen LogP contribution in [0.25, 0.3) is 0 Å². The predicted octanol–water partition coefficient (Wildman–Crippen LogP) is 4.73. The highest BCUT2D eigenvalue weighted by Crippen LogP contribution is 2.22. The molecule has 2 nitrogen and oxygen atoms in total. The molecule has 2 rings (SSSR count). The van der Waals surface area contributed by atoms with Crippen LogP contribution in [0.4, 0.5) is 10.1 Å². The van der Waals surface area contributed by atoms with Crippen LogP contribution in [0.2, 0.25) is 5.02 Å². The maximum atomic E-state index is 12.9. The Balaban J connectivity index is 1.81. The average Bonchev–Trinajstić information content (AvgIpc) is 2.37. The van der Waals surface area contributed by atoms with Gasteiger partial charge in [0.05, 0.1) is 10.7 Å². The molecular weight excluding hydrogens is 333 g/mol. The van der Waals surface area contributed by atoms with E-state index in [1.807, 2.05) is 24.3 Å². The van der Waals surface area contributed by atoms with Crippen molar-refractivity contribution in [2.45, 2.75) is 0 Å². The molecule has 0 aliphatic carbocycles. The number of hydrogen-bond acceptors (Lipinski definition) is 2. The first-order valence-corrected chi connectivity index (χ1v) is 6.89. The minimum atomic E-state index is -0.346. The number of hydrogen-bond donors (Lipinski definition) is 1. The van der Waals surface area contributed by atoms with Crippen LogP contribution >= 0.6 is 27.5 Å². The maximum Gasteiger partial charge on any atom is 0.124 e. The highest BCUT2D eigenvalue weighted by atomic mass is 79.9. The van der Waals surface area contributed by atoms with Gasteiger partial charge in [-0.15, -0.1) is 0 Å². The molecule has 0 aliphatic heterocycles. The summed E-state index contributed by atoms with van der Waals surface area (Å²) in [5.74, 6) is 0.447. The van der Waals surface area contributed by atoms with Crippen LogP contribution in [0.5, 0.6) is 5.75 Å². The first-order valence-electron chi connectivity index (χ1n) is 5.72. The second kappa shape index (κ2) is 6.78. The molecule has 19 heavy (non-hydrogen) atoms. The molecule has 0 atom stereocenters. The second-order valence-electron chi connectivity index (χ2n) is 3.86. The third-order valence-corrected chi connectivity index (χ3v) is 3.22. The van der Waals surface area contributed by atoms with Gasteiger partial charge >= 0.3 is 0 Å². The minimum absolute atomic E-state index is 0.346. The summed E-state index contributed by atoms with van der Waals surface area (Å²) in [5.41, 5.74) is 0.695. The van der Waals surface area contributed by atoms with E-state index in [-0.39, 0.29) is 5.82 Å². The monoisotopic (exact) mass is 343 g/mol. The highest BCUT2D eigenvalue weighted by molar-refractivity contribution is 9.10. The SMILES string of the molecule is Fc1ccc(NCCOc2cccc(Br)c2)c(Cl)c1. The number of benzene rings is 2. The normalized spacial score (nSPS) is 10.3. The largest absolute Gasteiger partial charge is 0.492 e. The molecule has 0 fully saturated rings. The lowest BCUT2D eigenvalue weighted by molar-refractivity contribution is 0.332. The number of halogens is 3. The Morgan fingerprint density at radius 2 is 2.05 bits per heavy atom. The Labute approximate surface area is 124 Å². The van der Waals surface area contributed by atoms with Crippen LogP contribution in [0.1, 0.15) is 0 Å². The summed E-state index contributed by atoms with van der Waals surface area (Å²) < 4.78 is 19.4. The van der Waals surface area contributed by atoms with E-state index in [9.17, 15) is 4.39 Å². The van der Waals surface area contributed by atoms with Crippen molar-refractivity contribution in [3.63, 3.8) is 0 Å². The zero-order valence-corrected chi connectivity index (χ0v) is 12.3. The third-order valence-electron chi connectivity index (χ3n) is 2.41. The summed E-state index contributed by atoms with van der Waals surface area (Å²) in [5, 5.41) is 3.45. The zero-order valence-electron chi connectivity index (χ0n) is 10.00. The number of nitrogens with one attached hydrogen (secondary N) is 1. The average molecular weight is 345 g/mol. The Morgan fingerprint density at radius 1 is 1.21 bits per heavy atom. The van der Waals surface area contributed by atoms with E-state index in [0.717, 1.165) is 10.2 Å². The lowest BCUT2D eigenvalue weighted by Crippen LogP contribution is -2.11. The van der Waals surface area contributed by atoms with Crippen molar-refractivity contribution in [1.29, 1.82) is 0 Å². The van der Waals surface area contributed by atoms with E-state index in [1.165, 1.54) is 12.1 Å². The van der Waals surface area contributed by atoms with Gasteiger partial charge in [0.25, 0.3) is 0 Å². The van der Waals surface area contributed by atoms with E-state index >= 15 is 0 Å². The molecule has 0 radical (unpaired) electrons. The van der Waals surface area contributed by atoms with Crippen LogP contribution in [-0.2, 0) is 0 Å². The van der Waals surface area contributed by atoms with Gasteiger partial charge in [-0.2, -0.15) is 0 Å². The van der Waals surface area contributed by atoms with Crippen LogP contribution in [0.3, 0.4) is 0 Å². The standard InChI is InChI=1S/C14H12BrClFNO/c15-10-2-1-3-12(8-10)19-7-6-18-14-5-4-11(17)9-13(14)16/h1-5,8-9,18H,6-7H2. The summed E-state index contributed by atoms with van der Waals surface area (Å²) in [6.45, 7) is 1.07. The summed E-state index contributed by atoms with van der Waals surface area (Å²) in [7, 11) is 0. The number of ether oxygens (including phenoxy) is 1. The molecule has 0 spiro atoms. The summed E-state index contributed by atoms with van der Waals surface area (Å²) in [6.07, 6.45) is 0. The van der Waals surface area contributed by atoms with Gasteiger partial charge < -0.3 is 10.1 Å². The first kappa shape index (κ1) is 14.2. The van der Waals surface area contributed by atoms with E-state index in [2.05, 4.69) is 21.2 Å². The molecule has 0 aliphatic rings. The van der Waals surface area contributed by atoms with Gasteiger partial charge in [0, 0.05) is 11.0 Å². The van der Waals surface area contributed by atoms with E-state index < -0.39 is 0 Å². The van der Waals surface area contributed by atoms with Crippen molar-refractivity contribution in [2.24, 2.45) is 0 Å². The van der Waals surface area contributed by atoms with Gasteiger partial charge in [-0.3, -0.25) is 0 Å². The predicted molar refractivity (Wildman–Crippen MR) is 79.5 cm³/mol. The molecule has 2 aromatic rings. The molecule has 0 saturated carbocycles. The number of anilines is 1. The van der Waals surface area contributed by atoms with Crippen molar-refractivity contribution in [3.8, 4) is 5.75 Å². The van der Waals surface area contributed by atoms with E-state index in [4.69, 9.17) is 16.3 Å². The summed E-state index contributed by atoms with van der Waals surface area (Å²) in [4.78, 5) is 0. The van der Waals surface area contributed by atoms with Crippen LogP contribution in [0, 0.1) is 5.82 Å².